The van der Waals surface area contributed by atoms with E-state index in [9.17, 15) is 9.59 Å². The molecule has 1 rings (SSSR count). The summed E-state index contributed by atoms with van der Waals surface area (Å²) in [5.41, 5.74) is 1.04. The van der Waals surface area contributed by atoms with E-state index in [1.165, 1.54) is 14.0 Å². The third-order valence-corrected chi connectivity index (χ3v) is 2.03. The first-order chi connectivity index (χ1) is 7.04. The molecule has 0 N–H and O–H groups in total. The molecule has 0 unspecified atom stereocenters. The molecule has 0 saturated heterocycles. The van der Waals surface area contributed by atoms with Gasteiger partial charge in [-0.1, -0.05) is 0 Å². The third-order valence-electron chi connectivity index (χ3n) is 2.03. The molecule has 0 amide bonds. The van der Waals surface area contributed by atoms with Crippen molar-refractivity contribution in [1.29, 1.82) is 0 Å². The second-order valence-electron chi connectivity index (χ2n) is 3.37. The average Bonchev–Trinajstić information content (AvgIpc) is 2.55. The lowest BCUT2D eigenvalue weighted by Gasteiger charge is -1.98. The quantitative estimate of drug-likeness (QED) is 0.687. The second kappa shape index (κ2) is 4.72. The Bertz CT molecular complexity index is 382. The number of aryl methyl sites for hydroxylation is 2. The number of Topliss-reactive ketones (excluding diaryl/α,β-unsaturated/α-hetero) is 1. The Labute approximate surface area is 88.0 Å². The number of carbonyl (C=O) groups excluding carboxylic acids is 2. The minimum absolute atomic E-state index is 0.0923. The van der Waals surface area contributed by atoms with Gasteiger partial charge in [0.25, 0.3) is 0 Å². The number of hydrogen-bond acceptors (Lipinski definition) is 4. The SMILES string of the molecule is COC(=O)c1nn(C)cc1CCC(C)=O. The number of nitrogens with zero attached hydrogens (tertiary/aromatic N) is 2. The van der Waals surface area contributed by atoms with E-state index in [1.807, 2.05) is 0 Å². The van der Waals surface area contributed by atoms with Crippen LogP contribution in [0.15, 0.2) is 6.20 Å². The molecule has 0 fully saturated rings. The van der Waals surface area contributed by atoms with Crippen molar-refractivity contribution in [3.8, 4) is 0 Å². The highest BCUT2D eigenvalue weighted by molar-refractivity contribution is 5.89. The predicted octanol–water partition coefficient (Wildman–Crippen LogP) is 0.728. The molecule has 1 aromatic heterocycles. The van der Waals surface area contributed by atoms with Crippen molar-refractivity contribution in [3.05, 3.63) is 17.5 Å². The molecule has 1 heterocycles. The number of esters is 1. The number of ether oxygens (including phenoxy) is 1. The van der Waals surface area contributed by atoms with Gasteiger partial charge >= 0.3 is 5.97 Å². The summed E-state index contributed by atoms with van der Waals surface area (Å²) in [6.07, 6.45) is 2.67. The fourth-order valence-corrected chi connectivity index (χ4v) is 1.30. The Morgan fingerprint density at radius 2 is 2.20 bits per heavy atom. The van der Waals surface area contributed by atoms with Crippen molar-refractivity contribution in [3.63, 3.8) is 0 Å². The number of carbonyl (C=O) groups is 2. The molecule has 0 aliphatic carbocycles. The second-order valence-corrected chi connectivity index (χ2v) is 3.37. The van der Waals surface area contributed by atoms with Crippen molar-refractivity contribution < 1.29 is 14.3 Å². The standard InChI is InChI=1S/C10H14N2O3/c1-7(13)4-5-8-6-12(2)11-9(8)10(14)15-3/h6H,4-5H2,1-3H3. The van der Waals surface area contributed by atoms with Crippen LogP contribution < -0.4 is 0 Å². The molecule has 15 heavy (non-hydrogen) atoms. The summed E-state index contributed by atoms with van der Waals surface area (Å²) >= 11 is 0. The summed E-state index contributed by atoms with van der Waals surface area (Å²) in [6.45, 7) is 1.52. The van der Waals surface area contributed by atoms with Gasteiger partial charge in [0.15, 0.2) is 5.69 Å². The van der Waals surface area contributed by atoms with Crippen molar-refractivity contribution in [2.45, 2.75) is 19.8 Å². The zero-order valence-electron chi connectivity index (χ0n) is 9.11. The highest BCUT2D eigenvalue weighted by Gasteiger charge is 2.16. The van der Waals surface area contributed by atoms with Gasteiger partial charge in [-0.2, -0.15) is 5.10 Å². The molecule has 0 saturated carbocycles. The molecule has 0 bridgehead atoms. The Morgan fingerprint density at radius 3 is 2.73 bits per heavy atom. The van der Waals surface area contributed by atoms with Gasteiger partial charge in [-0.3, -0.25) is 4.68 Å². The topological polar surface area (TPSA) is 61.2 Å². The Balaban J connectivity index is 2.86. The summed E-state index contributed by atoms with van der Waals surface area (Å²) in [4.78, 5) is 22.1. The zero-order chi connectivity index (χ0) is 11.4. The molecular formula is C10H14N2O3. The van der Waals surface area contributed by atoms with Crippen molar-refractivity contribution in [2.75, 3.05) is 7.11 Å². The van der Waals surface area contributed by atoms with Gasteiger partial charge in [-0.15, -0.1) is 0 Å². The molecule has 0 aliphatic rings. The summed E-state index contributed by atoms with van der Waals surface area (Å²) in [5, 5.41) is 3.99. The van der Waals surface area contributed by atoms with Crippen molar-refractivity contribution >= 4 is 11.8 Å². The summed E-state index contributed by atoms with van der Waals surface area (Å²) in [6, 6.07) is 0. The fourth-order valence-electron chi connectivity index (χ4n) is 1.30. The van der Waals surface area contributed by atoms with Crippen LogP contribution in [0.5, 0.6) is 0 Å². The minimum Gasteiger partial charge on any atom is -0.464 e. The lowest BCUT2D eigenvalue weighted by Crippen LogP contribution is -2.06. The normalized spacial score (nSPS) is 10.1. The van der Waals surface area contributed by atoms with Gasteiger partial charge in [0.2, 0.25) is 0 Å². The first-order valence-corrected chi connectivity index (χ1v) is 4.65. The van der Waals surface area contributed by atoms with Gasteiger partial charge in [0, 0.05) is 25.2 Å². The number of ketones is 1. The first kappa shape index (κ1) is 11.4. The van der Waals surface area contributed by atoms with Crippen LogP contribution in [-0.2, 0) is 23.0 Å². The van der Waals surface area contributed by atoms with E-state index in [4.69, 9.17) is 0 Å². The highest BCUT2D eigenvalue weighted by Crippen LogP contribution is 2.10. The first-order valence-electron chi connectivity index (χ1n) is 4.65. The van der Waals surface area contributed by atoms with E-state index in [0.717, 1.165) is 5.56 Å². The van der Waals surface area contributed by atoms with Crippen LogP contribution >= 0.6 is 0 Å². The summed E-state index contributed by atoms with van der Waals surface area (Å²) in [5.74, 6) is -0.371. The van der Waals surface area contributed by atoms with Crippen LogP contribution in [0.1, 0.15) is 29.4 Å². The Morgan fingerprint density at radius 1 is 1.53 bits per heavy atom. The molecule has 0 radical (unpaired) electrons. The Hall–Kier alpha value is -1.65. The molecular weight excluding hydrogens is 196 g/mol. The van der Waals surface area contributed by atoms with Crippen LogP contribution in [0.25, 0.3) is 0 Å². The zero-order valence-corrected chi connectivity index (χ0v) is 9.11. The van der Waals surface area contributed by atoms with Crippen molar-refractivity contribution in [2.24, 2.45) is 7.05 Å². The summed E-state index contributed by atoms with van der Waals surface area (Å²) < 4.78 is 6.14. The van der Waals surface area contributed by atoms with E-state index in [0.29, 0.717) is 18.5 Å². The van der Waals surface area contributed by atoms with E-state index < -0.39 is 5.97 Å². The summed E-state index contributed by atoms with van der Waals surface area (Å²) in [7, 11) is 3.04. The average molecular weight is 210 g/mol. The van der Waals surface area contributed by atoms with Crippen LogP contribution in [0, 0.1) is 0 Å². The van der Waals surface area contributed by atoms with Crippen molar-refractivity contribution in [1.82, 2.24) is 9.78 Å². The van der Waals surface area contributed by atoms with Gasteiger partial charge in [-0.25, -0.2) is 4.79 Å². The van der Waals surface area contributed by atoms with E-state index in [1.54, 1.807) is 17.9 Å². The van der Waals surface area contributed by atoms with Crippen LogP contribution in [0.3, 0.4) is 0 Å². The maximum absolute atomic E-state index is 11.3. The molecule has 0 aliphatic heterocycles. The van der Waals surface area contributed by atoms with E-state index in [2.05, 4.69) is 9.84 Å². The number of hydrogen-bond donors (Lipinski definition) is 0. The molecule has 5 heteroatoms. The molecule has 1 aromatic rings. The molecule has 0 aromatic carbocycles. The maximum Gasteiger partial charge on any atom is 0.358 e. The lowest BCUT2D eigenvalue weighted by molar-refractivity contribution is -0.116. The molecule has 0 atom stereocenters. The largest absolute Gasteiger partial charge is 0.464 e. The molecule has 82 valence electrons. The van der Waals surface area contributed by atoms with E-state index >= 15 is 0 Å². The predicted molar refractivity (Wildman–Crippen MR) is 53.5 cm³/mol. The van der Waals surface area contributed by atoms with Crippen LogP contribution in [-0.4, -0.2) is 28.6 Å². The fraction of sp³-hybridized carbons (Fsp3) is 0.500. The Kier molecular flexibility index (Phi) is 3.60. The van der Waals surface area contributed by atoms with Crippen LogP contribution in [0.4, 0.5) is 0 Å². The molecule has 5 nitrogen and oxygen atoms in total. The molecule has 0 spiro atoms. The highest BCUT2D eigenvalue weighted by atomic mass is 16.5. The van der Waals surface area contributed by atoms with Gasteiger partial charge in [-0.05, 0) is 13.3 Å². The smallest absolute Gasteiger partial charge is 0.358 e. The lowest BCUT2D eigenvalue weighted by atomic mass is 10.1. The maximum atomic E-state index is 11.3. The van der Waals surface area contributed by atoms with Crippen LogP contribution in [0.2, 0.25) is 0 Å². The number of methoxy groups -OCH3 is 1. The third kappa shape index (κ3) is 2.90. The van der Waals surface area contributed by atoms with E-state index in [-0.39, 0.29) is 5.78 Å². The monoisotopic (exact) mass is 210 g/mol. The number of rotatable bonds is 4. The van der Waals surface area contributed by atoms with Gasteiger partial charge in [0.1, 0.15) is 5.78 Å². The number of aromatic nitrogens is 2. The van der Waals surface area contributed by atoms with Gasteiger partial charge in [0.05, 0.1) is 7.11 Å². The van der Waals surface area contributed by atoms with Gasteiger partial charge < -0.3 is 9.53 Å². The minimum atomic E-state index is -0.464.